The van der Waals surface area contributed by atoms with E-state index >= 15 is 0 Å². The van der Waals surface area contributed by atoms with E-state index in [1.54, 1.807) is 11.9 Å². The van der Waals surface area contributed by atoms with Crippen molar-refractivity contribution in [3.63, 3.8) is 0 Å². The van der Waals surface area contributed by atoms with Crippen LogP contribution in [0.1, 0.15) is 36.0 Å². The number of rotatable bonds is 8. The van der Waals surface area contributed by atoms with E-state index in [0.29, 0.717) is 26.1 Å². The summed E-state index contributed by atoms with van der Waals surface area (Å²) in [7, 11) is -1.55. The second-order valence-corrected chi connectivity index (χ2v) is 10.4. The number of carbonyl (C=O) groups is 1. The summed E-state index contributed by atoms with van der Waals surface area (Å²) in [6.45, 7) is 3.39. The van der Waals surface area contributed by atoms with Gasteiger partial charge in [0.2, 0.25) is 15.9 Å². The Morgan fingerprint density at radius 2 is 1.77 bits per heavy atom. The van der Waals surface area contributed by atoms with Crippen LogP contribution in [0.3, 0.4) is 0 Å². The van der Waals surface area contributed by atoms with Crippen molar-refractivity contribution in [2.24, 2.45) is 5.92 Å². The van der Waals surface area contributed by atoms with E-state index in [4.69, 9.17) is 0 Å². The van der Waals surface area contributed by atoms with Crippen molar-refractivity contribution in [1.29, 1.82) is 0 Å². The summed E-state index contributed by atoms with van der Waals surface area (Å²) in [5.74, 6) is -0.111. The molecule has 1 heterocycles. The quantitative estimate of drug-likeness (QED) is 0.645. The third kappa shape index (κ3) is 6.16. The van der Waals surface area contributed by atoms with Gasteiger partial charge in [-0.1, -0.05) is 60.2 Å². The van der Waals surface area contributed by atoms with Gasteiger partial charge in [0, 0.05) is 26.7 Å². The molecule has 6 heteroatoms. The Hall–Kier alpha value is -2.18. The van der Waals surface area contributed by atoms with Gasteiger partial charge in [-0.25, -0.2) is 12.7 Å². The SMILES string of the molecule is Cc1ccc(CN(C)C(=O)[C@H]2CCCN(S(=O)(=O)CCCc3ccccc3)C2)cc1. The first-order valence-electron chi connectivity index (χ1n) is 10.7. The lowest BCUT2D eigenvalue weighted by Gasteiger charge is -2.33. The van der Waals surface area contributed by atoms with Gasteiger partial charge >= 0.3 is 0 Å². The molecule has 1 aliphatic rings. The number of amides is 1. The third-order valence-corrected chi connectivity index (χ3v) is 7.68. The molecule has 0 saturated carbocycles. The molecular weight excluding hydrogens is 396 g/mol. The highest BCUT2D eigenvalue weighted by molar-refractivity contribution is 7.89. The summed E-state index contributed by atoms with van der Waals surface area (Å²) >= 11 is 0. The highest BCUT2D eigenvalue weighted by Crippen LogP contribution is 2.22. The average Bonchev–Trinajstić information content (AvgIpc) is 2.75. The van der Waals surface area contributed by atoms with Crippen molar-refractivity contribution in [3.8, 4) is 0 Å². The summed E-state index contributed by atoms with van der Waals surface area (Å²) in [5, 5.41) is 0. The smallest absolute Gasteiger partial charge is 0.227 e. The van der Waals surface area contributed by atoms with Crippen molar-refractivity contribution in [2.45, 2.75) is 39.2 Å². The van der Waals surface area contributed by atoms with Gasteiger partial charge in [-0.15, -0.1) is 0 Å². The van der Waals surface area contributed by atoms with Crippen molar-refractivity contribution in [3.05, 3.63) is 71.3 Å². The van der Waals surface area contributed by atoms with Crippen molar-refractivity contribution < 1.29 is 13.2 Å². The normalized spacial score (nSPS) is 17.6. The number of hydrogen-bond donors (Lipinski definition) is 0. The largest absolute Gasteiger partial charge is 0.341 e. The molecule has 162 valence electrons. The molecule has 1 saturated heterocycles. The molecule has 0 aliphatic carbocycles. The van der Waals surface area contributed by atoms with Gasteiger partial charge in [-0.2, -0.15) is 0 Å². The molecule has 0 unspecified atom stereocenters. The standard InChI is InChI=1S/C24H32N2O3S/c1-20-12-14-22(15-13-20)18-25(2)24(27)23-11-6-16-26(19-23)30(28,29)17-7-10-21-8-4-3-5-9-21/h3-5,8-9,12-15,23H,6-7,10-11,16-19H2,1-2H3/t23-/m0/s1. The zero-order chi connectivity index (χ0) is 21.6. The zero-order valence-corrected chi connectivity index (χ0v) is 18.8. The van der Waals surface area contributed by atoms with Crippen LogP contribution in [0.4, 0.5) is 0 Å². The molecule has 0 N–H and O–H groups in total. The Bertz CT molecular complexity index is 927. The lowest BCUT2D eigenvalue weighted by Crippen LogP contribution is -2.46. The fraction of sp³-hybridized carbons (Fsp3) is 0.458. The number of benzene rings is 2. The number of hydrogen-bond acceptors (Lipinski definition) is 3. The first-order valence-corrected chi connectivity index (χ1v) is 12.3. The topological polar surface area (TPSA) is 57.7 Å². The van der Waals surface area contributed by atoms with Gasteiger partial charge in [0.25, 0.3) is 0 Å². The maximum Gasteiger partial charge on any atom is 0.227 e. The second kappa shape index (κ2) is 10.2. The Balaban J connectivity index is 1.53. The zero-order valence-electron chi connectivity index (χ0n) is 18.0. The highest BCUT2D eigenvalue weighted by atomic mass is 32.2. The predicted molar refractivity (Wildman–Crippen MR) is 120 cm³/mol. The van der Waals surface area contributed by atoms with Gasteiger partial charge in [0.05, 0.1) is 11.7 Å². The van der Waals surface area contributed by atoms with Gasteiger partial charge < -0.3 is 4.90 Å². The van der Waals surface area contributed by atoms with E-state index in [-0.39, 0.29) is 17.6 Å². The van der Waals surface area contributed by atoms with Crippen LogP contribution in [0.2, 0.25) is 0 Å². The summed E-state index contributed by atoms with van der Waals surface area (Å²) in [6.07, 6.45) is 2.81. The molecule has 30 heavy (non-hydrogen) atoms. The monoisotopic (exact) mass is 428 g/mol. The van der Waals surface area contributed by atoms with Crippen LogP contribution in [0.15, 0.2) is 54.6 Å². The van der Waals surface area contributed by atoms with Gasteiger partial charge in [0.1, 0.15) is 0 Å². The van der Waals surface area contributed by atoms with Crippen LogP contribution in [-0.4, -0.2) is 49.4 Å². The number of aryl methyl sites for hydroxylation is 2. The minimum Gasteiger partial charge on any atom is -0.341 e. The molecule has 0 radical (unpaired) electrons. The molecule has 2 aromatic carbocycles. The van der Waals surface area contributed by atoms with Crippen LogP contribution in [0, 0.1) is 12.8 Å². The molecular formula is C24H32N2O3S. The van der Waals surface area contributed by atoms with E-state index in [2.05, 4.69) is 0 Å². The van der Waals surface area contributed by atoms with E-state index in [9.17, 15) is 13.2 Å². The maximum absolute atomic E-state index is 12.9. The Morgan fingerprint density at radius 1 is 1.07 bits per heavy atom. The van der Waals surface area contributed by atoms with Crippen molar-refractivity contribution in [2.75, 3.05) is 25.9 Å². The molecule has 3 rings (SSSR count). The van der Waals surface area contributed by atoms with Gasteiger partial charge in [-0.05, 0) is 43.7 Å². The number of piperidine rings is 1. The highest BCUT2D eigenvalue weighted by Gasteiger charge is 2.33. The lowest BCUT2D eigenvalue weighted by molar-refractivity contribution is -0.135. The van der Waals surface area contributed by atoms with E-state index in [1.165, 1.54) is 9.87 Å². The van der Waals surface area contributed by atoms with E-state index in [1.807, 2.05) is 61.5 Å². The maximum atomic E-state index is 12.9. The Kier molecular flexibility index (Phi) is 7.67. The third-order valence-electron chi connectivity index (χ3n) is 5.75. The van der Waals surface area contributed by atoms with Crippen molar-refractivity contribution in [1.82, 2.24) is 9.21 Å². The van der Waals surface area contributed by atoms with E-state index < -0.39 is 10.0 Å². The molecule has 1 amide bonds. The van der Waals surface area contributed by atoms with Gasteiger partial charge in [0.15, 0.2) is 0 Å². The molecule has 2 aromatic rings. The molecule has 1 aliphatic heterocycles. The van der Waals surface area contributed by atoms with Crippen LogP contribution >= 0.6 is 0 Å². The number of sulfonamides is 1. The first-order chi connectivity index (χ1) is 14.3. The lowest BCUT2D eigenvalue weighted by atomic mass is 9.98. The molecule has 5 nitrogen and oxygen atoms in total. The van der Waals surface area contributed by atoms with Crippen LogP contribution in [0.5, 0.6) is 0 Å². The Labute approximate surface area is 180 Å². The van der Waals surface area contributed by atoms with Crippen LogP contribution < -0.4 is 0 Å². The molecule has 1 fully saturated rings. The minimum absolute atomic E-state index is 0.0276. The summed E-state index contributed by atoms with van der Waals surface area (Å²) in [6, 6.07) is 18.1. The van der Waals surface area contributed by atoms with Crippen molar-refractivity contribution >= 4 is 15.9 Å². The number of nitrogens with zero attached hydrogens (tertiary/aromatic N) is 2. The minimum atomic E-state index is -3.35. The molecule has 0 spiro atoms. The van der Waals surface area contributed by atoms with Crippen LogP contribution in [-0.2, 0) is 27.8 Å². The second-order valence-electron chi connectivity index (χ2n) is 8.28. The molecule has 1 atom stereocenters. The summed E-state index contributed by atoms with van der Waals surface area (Å²) in [5.41, 5.74) is 3.42. The first kappa shape index (κ1) is 22.5. The summed E-state index contributed by atoms with van der Waals surface area (Å²) < 4.78 is 27.2. The fourth-order valence-corrected chi connectivity index (χ4v) is 5.57. The van der Waals surface area contributed by atoms with Crippen LogP contribution in [0.25, 0.3) is 0 Å². The van der Waals surface area contributed by atoms with E-state index in [0.717, 1.165) is 30.4 Å². The predicted octanol–water partition coefficient (Wildman–Crippen LogP) is 3.63. The summed E-state index contributed by atoms with van der Waals surface area (Å²) in [4.78, 5) is 14.7. The number of carbonyl (C=O) groups excluding carboxylic acids is 1. The average molecular weight is 429 g/mol. The van der Waals surface area contributed by atoms with Gasteiger partial charge in [-0.3, -0.25) is 4.79 Å². The molecule has 0 aromatic heterocycles. The fourth-order valence-electron chi connectivity index (χ4n) is 3.99. The molecule has 0 bridgehead atoms. The Morgan fingerprint density at radius 3 is 2.47 bits per heavy atom.